The normalized spacial score (nSPS) is 11.9. The fourth-order valence-corrected chi connectivity index (χ4v) is 1.99. The minimum atomic E-state index is -0.139. The van der Waals surface area contributed by atoms with Crippen molar-refractivity contribution >= 4 is 17.5 Å². The number of halogens is 1. The van der Waals surface area contributed by atoms with E-state index in [4.69, 9.17) is 11.6 Å². The smallest absolute Gasteiger partial charge is 0.251 e. The van der Waals surface area contributed by atoms with Crippen molar-refractivity contribution in [3.8, 4) is 0 Å². The zero-order valence-electron chi connectivity index (χ0n) is 9.93. The zero-order chi connectivity index (χ0) is 13.0. The Morgan fingerprint density at radius 3 is 2.56 bits per heavy atom. The second-order valence-corrected chi connectivity index (χ2v) is 4.36. The van der Waals surface area contributed by atoms with E-state index in [0.29, 0.717) is 10.6 Å². The van der Waals surface area contributed by atoms with Gasteiger partial charge in [-0.15, -0.1) is 0 Å². The number of carbonyl (C=O) groups is 1. The molecule has 1 N–H and O–H groups in total. The van der Waals surface area contributed by atoms with Crippen LogP contribution in [0.3, 0.4) is 0 Å². The molecule has 0 fully saturated rings. The zero-order valence-corrected chi connectivity index (χ0v) is 10.7. The fourth-order valence-electron chi connectivity index (χ4n) is 1.69. The molecule has 1 amide bonds. The van der Waals surface area contributed by atoms with E-state index in [-0.39, 0.29) is 11.9 Å². The maximum absolute atomic E-state index is 12.0. The van der Waals surface area contributed by atoms with Crippen molar-refractivity contribution < 1.29 is 4.79 Å². The largest absolute Gasteiger partial charge is 0.345 e. The number of aromatic nitrogens is 1. The molecule has 1 aromatic carbocycles. The summed E-state index contributed by atoms with van der Waals surface area (Å²) in [7, 11) is 0. The molecule has 4 heteroatoms. The van der Waals surface area contributed by atoms with Crippen LogP contribution in [-0.4, -0.2) is 10.9 Å². The van der Waals surface area contributed by atoms with Crippen LogP contribution in [0.25, 0.3) is 0 Å². The highest BCUT2D eigenvalue weighted by Gasteiger charge is 2.13. The van der Waals surface area contributed by atoms with E-state index in [9.17, 15) is 4.79 Å². The van der Waals surface area contributed by atoms with Gasteiger partial charge >= 0.3 is 0 Å². The van der Waals surface area contributed by atoms with Crippen LogP contribution in [0, 0.1) is 0 Å². The predicted octanol–water partition coefficient (Wildman–Crippen LogP) is 3.23. The number of rotatable bonds is 3. The molecule has 3 nitrogen and oxygen atoms in total. The lowest BCUT2D eigenvalue weighted by molar-refractivity contribution is 0.0940. The average Bonchev–Trinajstić information content (AvgIpc) is 2.40. The lowest BCUT2D eigenvalue weighted by atomic mass is 10.1. The highest BCUT2D eigenvalue weighted by molar-refractivity contribution is 6.31. The van der Waals surface area contributed by atoms with Crippen molar-refractivity contribution in [3.63, 3.8) is 0 Å². The number of benzene rings is 1. The van der Waals surface area contributed by atoms with Gasteiger partial charge in [0.2, 0.25) is 0 Å². The summed E-state index contributed by atoms with van der Waals surface area (Å²) in [5.74, 6) is -0.134. The highest BCUT2D eigenvalue weighted by Crippen LogP contribution is 2.22. The first kappa shape index (κ1) is 12.6. The molecule has 2 aromatic rings. The van der Waals surface area contributed by atoms with Crippen molar-refractivity contribution in [2.75, 3.05) is 0 Å². The maximum atomic E-state index is 12.0. The minimum Gasteiger partial charge on any atom is -0.345 e. The molecule has 1 aromatic heterocycles. The van der Waals surface area contributed by atoms with Crippen molar-refractivity contribution in [2.24, 2.45) is 0 Å². The van der Waals surface area contributed by atoms with Gasteiger partial charge in [0.1, 0.15) is 0 Å². The van der Waals surface area contributed by atoms with Gasteiger partial charge in [-0.25, -0.2) is 0 Å². The van der Waals surface area contributed by atoms with E-state index in [2.05, 4.69) is 10.3 Å². The molecular weight excluding hydrogens is 248 g/mol. The van der Waals surface area contributed by atoms with E-state index in [1.54, 1.807) is 24.5 Å². The summed E-state index contributed by atoms with van der Waals surface area (Å²) in [6.07, 6.45) is 3.18. The van der Waals surface area contributed by atoms with Gasteiger partial charge < -0.3 is 5.32 Å². The minimum absolute atomic E-state index is 0.134. The maximum Gasteiger partial charge on any atom is 0.251 e. The van der Waals surface area contributed by atoms with E-state index in [1.165, 1.54) is 0 Å². The molecule has 0 aliphatic heterocycles. The molecular formula is C14H13ClN2O. The molecule has 18 heavy (non-hydrogen) atoms. The molecule has 1 atom stereocenters. The first-order valence-electron chi connectivity index (χ1n) is 5.64. The van der Waals surface area contributed by atoms with E-state index in [1.807, 2.05) is 31.2 Å². The molecule has 0 bridgehead atoms. The average molecular weight is 261 g/mol. The Morgan fingerprint density at radius 2 is 1.89 bits per heavy atom. The summed E-state index contributed by atoms with van der Waals surface area (Å²) in [5.41, 5.74) is 1.49. The van der Waals surface area contributed by atoms with Gasteiger partial charge in [-0.05, 0) is 30.7 Å². The van der Waals surface area contributed by atoms with Crippen LogP contribution < -0.4 is 5.32 Å². The Labute approximate surface area is 111 Å². The Morgan fingerprint density at radius 1 is 1.22 bits per heavy atom. The van der Waals surface area contributed by atoms with Gasteiger partial charge in [0.15, 0.2) is 0 Å². The second kappa shape index (κ2) is 5.65. The number of nitrogens with zero attached hydrogens (tertiary/aromatic N) is 1. The number of pyridine rings is 1. The molecule has 0 saturated heterocycles. The lowest BCUT2D eigenvalue weighted by Crippen LogP contribution is -2.26. The molecule has 1 unspecified atom stereocenters. The Hall–Kier alpha value is -1.87. The van der Waals surface area contributed by atoms with E-state index in [0.717, 1.165) is 5.56 Å². The van der Waals surface area contributed by atoms with E-state index >= 15 is 0 Å². The van der Waals surface area contributed by atoms with Crippen LogP contribution in [0.4, 0.5) is 0 Å². The van der Waals surface area contributed by atoms with Crippen LogP contribution in [0.5, 0.6) is 0 Å². The molecule has 92 valence electrons. The van der Waals surface area contributed by atoms with Gasteiger partial charge in [-0.2, -0.15) is 0 Å². The third-order valence-electron chi connectivity index (χ3n) is 2.66. The monoisotopic (exact) mass is 260 g/mol. The summed E-state index contributed by atoms with van der Waals surface area (Å²) in [5, 5.41) is 3.55. The van der Waals surface area contributed by atoms with Crippen molar-refractivity contribution in [2.45, 2.75) is 13.0 Å². The predicted molar refractivity (Wildman–Crippen MR) is 71.6 cm³/mol. The summed E-state index contributed by atoms with van der Waals surface area (Å²) >= 11 is 6.09. The van der Waals surface area contributed by atoms with Gasteiger partial charge in [0, 0.05) is 23.0 Å². The SMILES string of the molecule is CC(NC(=O)c1ccncc1)c1ccccc1Cl. The molecule has 0 saturated carbocycles. The third-order valence-corrected chi connectivity index (χ3v) is 3.01. The number of amides is 1. The van der Waals surface area contributed by atoms with Crippen LogP contribution in [-0.2, 0) is 0 Å². The molecule has 1 heterocycles. The number of hydrogen-bond donors (Lipinski definition) is 1. The van der Waals surface area contributed by atoms with Crippen LogP contribution in [0.1, 0.15) is 28.9 Å². The number of carbonyl (C=O) groups excluding carboxylic acids is 1. The van der Waals surface area contributed by atoms with Crippen molar-refractivity contribution in [1.82, 2.24) is 10.3 Å². The number of nitrogens with one attached hydrogen (secondary N) is 1. The third kappa shape index (κ3) is 2.87. The molecule has 0 aliphatic rings. The van der Waals surface area contributed by atoms with Gasteiger partial charge in [-0.1, -0.05) is 29.8 Å². The van der Waals surface area contributed by atoms with Crippen LogP contribution >= 0.6 is 11.6 Å². The topological polar surface area (TPSA) is 42.0 Å². The van der Waals surface area contributed by atoms with Crippen molar-refractivity contribution in [3.05, 3.63) is 64.9 Å². The summed E-state index contributed by atoms with van der Waals surface area (Å²) in [6.45, 7) is 1.90. The van der Waals surface area contributed by atoms with Crippen LogP contribution in [0.15, 0.2) is 48.8 Å². The summed E-state index contributed by atoms with van der Waals surface area (Å²) in [4.78, 5) is 15.8. The lowest BCUT2D eigenvalue weighted by Gasteiger charge is -2.15. The van der Waals surface area contributed by atoms with Crippen LogP contribution in [0.2, 0.25) is 5.02 Å². The fraction of sp³-hybridized carbons (Fsp3) is 0.143. The highest BCUT2D eigenvalue weighted by atomic mass is 35.5. The second-order valence-electron chi connectivity index (χ2n) is 3.95. The Bertz CT molecular complexity index is 543. The Kier molecular flexibility index (Phi) is 3.95. The number of hydrogen-bond acceptors (Lipinski definition) is 2. The summed E-state index contributed by atoms with van der Waals surface area (Å²) in [6, 6.07) is 10.7. The summed E-state index contributed by atoms with van der Waals surface area (Å²) < 4.78 is 0. The molecule has 0 aliphatic carbocycles. The van der Waals surface area contributed by atoms with Gasteiger partial charge in [-0.3, -0.25) is 9.78 Å². The van der Waals surface area contributed by atoms with Crippen molar-refractivity contribution in [1.29, 1.82) is 0 Å². The van der Waals surface area contributed by atoms with Gasteiger partial charge in [0.25, 0.3) is 5.91 Å². The quantitative estimate of drug-likeness (QED) is 0.921. The Balaban J connectivity index is 2.11. The first-order valence-corrected chi connectivity index (χ1v) is 6.01. The first-order chi connectivity index (χ1) is 8.68. The molecule has 0 radical (unpaired) electrons. The van der Waals surface area contributed by atoms with Gasteiger partial charge in [0.05, 0.1) is 6.04 Å². The van der Waals surface area contributed by atoms with E-state index < -0.39 is 0 Å². The standard InChI is InChI=1S/C14H13ClN2O/c1-10(12-4-2-3-5-13(12)15)17-14(18)11-6-8-16-9-7-11/h2-10H,1H3,(H,17,18). The molecule has 2 rings (SSSR count). The molecule has 0 spiro atoms.